The smallest absolute Gasteiger partial charge is 0.169 e. The van der Waals surface area contributed by atoms with E-state index in [1.165, 1.54) is 4.70 Å². The van der Waals surface area contributed by atoms with Gasteiger partial charge in [0.2, 0.25) is 0 Å². The SMILES string of the molecule is CCNC(=S)N(C)[C@@H](C)c1nc2ccccc2s1. The summed E-state index contributed by atoms with van der Waals surface area (Å²) in [5.41, 5.74) is 1.06. The summed E-state index contributed by atoms with van der Waals surface area (Å²) < 4.78 is 1.22. The number of benzene rings is 1. The van der Waals surface area contributed by atoms with Crippen LogP contribution < -0.4 is 5.32 Å². The second-order valence-electron chi connectivity index (χ2n) is 4.14. The zero-order valence-electron chi connectivity index (χ0n) is 10.8. The number of para-hydroxylation sites is 1. The van der Waals surface area contributed by atoms with E-state index in [1.54, 1.807) is 11.3 Å². The first-order valence-corrected chi connectivity index (χ1v) is 7.22. The Morgan fingerprint density at radius 3 is 2.89 bits per heavy atom. The summed E-state index contributed by atoms with van der Waals surface area (Å²) in [6.07, 6.45) is 0. The second kappa shape index (κ2) is 5.63. The Bertz CT molecular complexity index is 517. The predicted molar refractivity (Wildman–Crippen MR) is 82.1 cm³/mol. The Balaban J connectivity index is 2.22. The topological polar surface area (TPSA) is 28.2 Å². The standard InChI is InChI=1S/C13H17N3S2/c1-4-14-13(17)16(3)9(2)12-15-10-7-5-6-8-11(10)18-12/h5-9H,4H2,1-3H3,(H,14,17)/t9-/m0/s1. The molecule has 0 saturated heterocycles. The fourth-order valence-corrected chi connectivity index (χ4v) is 3.05. The highest BCUT2D eigenvalue weighted by molar-refractivity contribution is 7.80. The molecule has 0 bridgehead atoms. The van der Waals surface area contributed by atoms with E-state index < -0.39 is 0 Å². The number of aromatic nitrogens is 1. The molecule has 2 rings (SSSR count). The van der Waals surface area contributed by atoms with Gasteiger partial charge < -0.3 is 10.2 Å². The van der Waals surface area contributed by atoms with Crippen molar-refractivity contribution in [3.8, 4) is 0 Å². The third kappa shape index (κ3) is 2.62. The number of thiocarbonyl (C=S) groups is 1. The van der Waals surface area contributed by atoms with Gasteiger partial charge in [-0.2, -0.15) is 0 Å². The van der Waals surface area contributed by atoms with E-state index in [0.717, 1.165) is 22.2 Å². The van der Waals surface area contributed by atoms with E-state index in [4.69, 9.17) is 12.2 Å². The normalized spacial score (nSPS) is 12.4. The van der Waals surface area contributed by atoms with Gasteiger partial charge >= 0.3 is 0 Å². The van der Waals surface area contributed by atoms with E-state index in [0.29, 0.717) is 0 Å². The fraction of sp³-hybridized carbons (Fsp3) is 0.385. The number of rotatable bonds is 3. The molecule has 0 fully saturated rings. The zero-order chi connectivity index (χ0) is 13.1. The molecule has 0 aliphatic carbocycles. The van der Waals surface area contributed by atoms with Crippen LogP contribution in [-0.2, 0) is 0 Å². The van der Waals surface area contributed by atoms with Crippen LogP contribution in [0.2, 0.25) is 0 Å². The van der Waals surface area contributed by atoms with Crippen molar-refractivity contribution in [2.75, 3.05) is 13.6 Å². The van der Waals surface area contributed by atoms with Gasteiger partial charge in [-0.15, -0.1) is 11.3 Å². The lowest BCUT2D eigenvalue weighted by Gasteiger charge is -2.25. The van der Waals surface area contributed by atoms with E-state index in [1.807, 2.05) is 32.2 Å². The number of nitrogens with zero attached hydrogens (tertiary/aromatic N) is 2. The van der Waals surface area contributed by atoms with Crippen LogP contribution in [0.1, 0.15) is 24.9 Å². The van der Waals surface area contributed by atoms with Crippen molar-refractivity contribution in [1.29, 1.82) is 0 Å². The first-order valence-electron chi connectivity index (χ1n) is 5.99. The lowest BCUT2D eigenvalue weighted by atomic mass is 10.3. The molecule has 18 heavy (non-hydrogen) atoms. The van der Waals surface area contributed by atoms with Gasteiger partial charge in [0, 0.05) is 13.6 Å². The van der Waals surface area contributed by atoms with E-state index in [2.05, 4.69) is 28.2 Å². The summed E-state index contributed by atoms with van der Waals surface area (Å²) in [6.45, 7) is 5.01. The van der Waals surface area contributed by atoms with Crippen molar-refractivity contribution in [2.24, 2.45) is 0 Å². The lowest BCUT2D eigenvalue weighted by Crippen LogP contribution is -2.38. The Labute approximate surface area is 117 Å². The summed E-state index contributed by atoms with van der Waals surface area (Å²) in [6, 6.07) is 8.40. The highest BCUT2D eigenvalue weighted by Crippen LogP contribution is 2.28. The molecule has 5 heteroatoms. The minimum atomic E-state index is 0.189. The predicted octanol–water partition coefficient (Wildman–Crippen LogP) is 3.18. The van der Waals surface area contributed by atoms with E-state index >= 15 is 0 Å². The molecule has 3 nitrogen and oxygen atoms in total. The average molecular weight is 279 g/mol. The van der Waals surface area contributed by atoms with Gasteiger partial charge in [0.25, 0.3) is 0 Å². The molecule has 0 saturated carbocycles. The molecule has 1 aromatic carbocycles. The first kappa shape index (κ1) is 13.2. The molecule has 96 valence electrons. The van der Waals surface area contributed by atoms with Crippen LogP contribution in [0.15, 0.2) is 24.3 Å². The molecule has 1 atom stereocenters. The molecule has 0 spiro atoms. The lowest BCUT2D eigenvalue weighted by molar-refractivity contribution is 0.396. The molecule has 1 heterocycles. The van der Waals surface area contributed by atoms with Crippen LogP contribution >= 0.6 is 23.6 Å². The van der Waals surface area contributed by atoms with Crippen LogP contribution in [0.3, 0.4) is 0 Å². The van der Waals surface area contributed by atoms with Crippen LogP contribution in [0.4, 0.5) is 0 Å². The van der Waals surface area contributed by atoms with Crippen molar-refractivity contribution in [1.82, 2.24) is 15.2 Å². The number of hydrogen-bond donors (Lipinski definition) is 1. The second-order valence-corrected chi connectivity index (χ2v) is 5.59. The summed E-state index contributed by atoms with van der Waals surface area (Å²) >= 11 is 7.05. The molecular weight excluding hydrogens is 262 g/mol. The van der Waals surface area contributed by atoms with Crippen molar-refractivity contribution in [2.45, 2.75) is 19.9 Å². The number of hydrogen-bond acceptors (Lipinski definition) is 3. The largest absolute Gasteiger partial charge is 0.363 e. The van der Waals surface area contributed by atoms with Crippen molar-refractivity contribution >= 4 is 38.9 Å². The Morgan fingerprint density at radius 2 is 2.22 bits per heavy atom. The summed E-state index contributed by atoms with van der Waals surface area (Å²) in [5, 5.41) is 5.03. The van der Waals surface area contributed by atoms with Crippen molar-refractivity contribution in [3.63, 3.8) is 0 Å². The molecule has 2 aromatic rings. The summed E-state index contributed by atoms with van der Waals surface area (Å²) in [7, 11) is 2.00. The molecule has 1 N–H and O–H groups in total. The van der Waals surface area contributed by atoms with Crippen molar-refractivity contribution in [3.05, 3.63) is 29.3 Å². The molecule has 1 aromatic heterocycles. The van der Waals surface area contributed by atoms with Gasteiger partial charge in [0.05, 0.1) is 16.3 Å². The highest BCUT2D eigenvalue weighted by Gasteiger charge is 2.17. The van der Waals surface area contributed by atoms with E-state index in [-0.39, 0.29) is 6.04 Å². The average Bonchev–Trinajstić information content (AvgIpc) is 2.81. The molecular formula is C13H17N3S2. The maximum absolute atomic E-state index is 5.32. The fourth-order valence-electron chi connectivity index (χ4n) is 1.69. The monoisotopic (exact) mass is 279 g/mol. The van der Waals surface area contributed by atoms with Crippen LogP contribution in [0.25, 0.3) is 10.2 Å². The van der Waals surface area contributed by atoms with E-state index in [9.17, 15) is 0 Å². The van der Waals surface area contributed by atoms with Crippen LogP contribution in [0, 0.1) is 0 Å². The molecule has 0 unspecified atom stereocenters. The van der Waals surface area contributed by atoms with Gasteiger partial charge in [-0.1, -0.05) is 12.1 Å². The number of nitrogens with one attached hydrogen (secondary N) is 1. The van der Waals surface area contributed by atoms with Gasteiger partial charge in [0.1, 0.15) is 5.01 Å². The van der Waals surface area contributed by atoms with Crippen LogP contribution in [0.5, 0.6) is 0 Å². The first-order chi connectivity index (χ1) is 8.63. The Hall–Kier alpha value is -1.20. The minimum Gasteiger partial charge on any atom is -0.363 e. The summed E-state index contributed by atoms with van der Waals surface area (Å²) in [4.78, 5) is 6.72. The highest BCUT2D eigenvalue weighted by atomic mass is 32.1. The molecule has 0 radical (unpaired) electrons. The third-order valence-electron chi connectivity index (χ3n) is 2.90. The Kier molecular flexibility index (Phi) is 4.14. The number of fused-ring (bicyclic) bond motifs is 1. The van der Waals surface area contributed by atoms with Gasteiger partial charge in [-0.25, -0.2) is 4.98 Å². The minimum absolute atomic E-state index is 0.189. The number of thiazole rings is 1. The molecule has 0 aliphatic heterocycles. The van der Waals surface area contributed by atoms with Gasteiger partial charge in [0.15, 0.2) is 5.11 Å². The van der Waals surface area contributed by atoms with Gasteiger partial charge in [-0.3, -0.25) is 0 Å². The van der Waals surface area contributed by atoms with Gasteiger partial charge in [-0.05, 0) is 38.2 Å². The summed E-state index contributed by atoms with van der Waals surface area (Å²) in [5.74, 6) is 0. The maximum Gasteiger partial charge on any atom is 0.169 e. The third-order valence-corrected chi connectivity index (χ3v) is 4.54. The van der Waals surface area contributed by atoms with Crippen LogP contribution in [-0.4, -0.2) is 28.6 Å². The van der Waals surface area contributed by atoms with Crippen molar-refractivity contribution < 1.29 is 0 Å². The zero-order valence-corrected chi connectivity index (χ0v) is 12.4. The maximum atomic E-state index is 5.32. The molecule has 0 amide bonds. The molecule has 0 aliphatic rings. The Morgan fingerprint density at radius 1 is 1.50 bits per heavy atom. The quantitative estimate of drug-likeness (QED) is 0.874.